The van der Waals surface area contributed by atoms with Crippen LogP contribution in [0.2, 0.25) is 5.02 Å². The van der Waals surface area contributed by atoms with E-state index >= 15 is 0 Å². The number of halogens is 1. The second kappa shape index (κ2) is 11.1. The van der Waals surface area contributed by atoms with Gasteiger partial charge in [0.1, 0.15) is 30.6 Å². The number of hydrogen-bond donors (Lipinski definition) is 0. The molecule has 0 N–H and O–H groups in total. The lowest BCUT2D eigenvalue weighted by atomic mass is 10.1. The molecule has 0 radical (unpaired) electrons. The van der Waals surface area contributed by atoms with Crippen molar-refractivity contribution in [1.29, 1.82) is 5.26 Å². The van der Waals surface area contributed by atoms with Crippen LogP contribution in [0.1, 0.15) is 23.6 Å². The van der Waals surface area contributed by atoms with Gasteiger partial charge in [-0.2, -0.15) is 5.26 Å². The molecule has 6 nitrogen and oxygen atoms in total. The molecular formula is C23H24ClNO5. The molecule has 0 aliphatic rings. The molecule has 0 bridgehead atoms. The molecular weight excluding hydrogens is 406 g/mol. The maximum absolute atomic E-state index is 11.8. The van der Waals surface area contributed by atoms with Crippen LogP contribution in [0.3, 0.4) is 0 Å². The van der Waals surface area contributed by atoms with Crippen LogP contribution in [-0.2, 0) is 9.53 Å². The molecule has 0 aliphatic carbocycles. The predicted molar refractivity (Wildman–Crippen MR) is 115 cm³/mol. The van der Waals surface area contributed by atoms with Crippen LogP contribution in [0.4, 0.5) is 0 Å². The Morgan fingerprint density at radius 3 is 2.50 bits per heavy atom. The molecule has 0 unspecified atom stereocenters. The maximum atomic E-state index is 11.8. The van der Waals surface area contributed by atoms with Gasteiger partial charge >= 0.3 is 5.97 Å². The number of nitrogens with zero attached hydrogens (tertiary/aromatic N) is 1. The van der Waals surface area contributed by atoms with Gasteiger partial charge in [0.25, 0.3) is 0 Å². The number of ether oxygens (including phenoxy) is 4. The molecule has 0 fully saturated rings. The van der Waals surface area contributed by atoms with E-state index in [0.29, 0.717) is 23.7 Å². The van der Waals surface area contributed by atoms with Crippen molar-refractivity contribution in [2.24, 2.45) is 0 Å². The highest BCUT2D eigenvalue weighted by Gasteiger charge is 2.14. The fourth-order valence-corrected chi connectivity index (χ4v) is 2.86. The predicted octanol–water partition coefficient (Wildman–Crippen LogP) is 4.89. The van der Waals surface area contributed by atoms with Crippen LogP contribution in [0, 0.1) is 25.2 Å². The molecule has 30 heavy (non-hydrogen) atoms. The van der Waals surface area contributed by atoms with Gasteiger partial charge in [-0.05, 0) is 67.8 Å². The highest BCUT2D eigenvalue weighted by molar-refractivity contribution is 6.32. The number of nitriles is 1. The number of esters is 1. The van der Waals surface area contributed by atoms with Gasteiger partial charge in [0.15, 0.2) is 11.5 Å². The van der Waals surface area contributed by atoms with Crippen molar-refractivity contribution >= 4 is 23.6 Å². The van der Waals surface area contributed by atoms with Gasteiger partial charge in [0.2, 0.25) is 0 Å². The van der Waals surface area contributed by atoms with E-state index in [1.165, 1.54) is 18.7 Å². The molecule has 0 spiro atoms. The lowest BCUT2D eigenvalue weighted by molar-refractivity contribution is -0.137. The molecule has 2 aromatic rings. The number of rotatable bonds is 9. The smallest absolute Gasteiger partial charge is 0.348 e. The highest BCUT2D eigenvalue weighted by atomic mass is 35.5. The summed E-state index contributed by atoms with van der Waals surface area (Å²) in [6.45, 7) is 6.50. The minimum Gasteiger partial charge on any atom is -0.493 e. The van der Waals surface area contributed by atoms with Crippen molar-refractivity contribution in [3.05, 3.63) is 57.6 Å². The average molecular weight is 430 g/mol. The summed E-state index contributed by atoms with van der Waals surface area (Å²) in [7, 11) is 1.48. The van der Waals surface area contributed by atoms with Crippen molar-refractivity contribution in [3.63, 3.8) is 0 Å². The molecule has 158 valence electrons. The van der Waals surface area contributed by atoms with Gasteiger partial charge in [-0.3, -0.25) is 0 Å². The Morgan fingerprint density at radius 2 is 1.87 bits per heavy atom. The quantitative estimate of drug-likeness (QED) is 0.244. The Kier molecular flexibility index (Phi) is 8.57. The number of aryl methyl sites for hydroxylation is 2. The van der Waals surface area contributed by atoms with Crippen molar-refractivity contribution in [3.8, 4) is 23.3 Å². The summed E-state index contributed by atoms with van der Waals surface area (Å²) in [5.41, 5.74) is 2.73. The first kappa shape index (κ1) is 23.1. The summed E-state index contributed by atoms with van der Waals surface area (Å²) in [5.74, 6) is 0.804. The van der Waals surface area contributed by atoms with Gasteiger partial charge in [0.05, 0.1) is 18.7 Å². The SMILES string of the molecule is CCOC(=O)C(C#N)=Cc1cc(Cl)c(OCCOc2ccc(C)c(C)c2)c(OC)c1. The molecule has 2 aromatic carbocycles. The van der Waals surface area contributed by atoms with E-state index in [1.54, 1.807) is 19.1 Å². The fourth-order valence-electron chi connectivity index (χ4n) is 2.58. The van der Waals surface area contributed by atoms with Crippen molar-refractivity contribution in [1.82, 2.24) is 0 Å². The van der Waals surface area contributed by atoms with E-state index in [1.807, 2.05) is 38.1 Å². The van der Waals surface area contributed by atoms with Gasteiger partial charge in [-0.15, -0.1) is 0 Å². The second-order valence-electron chi connectivity index (χ2n) is 6.37. The van der Waals surface area contributed by atoms with Gasteiger partial charge in [0, 0.05) is 0 Å². The Labute approximate surface area is 181 Å². The second-order valence-corrected chi connectivity index (χ2v) is 6.77. The first-order valence-corrected chi connectivity index (χ1v) is 9.76. The lowest BCUT2D eigenvalue weighted by Crippen LogP contribution is -2.10. The minimum atomic E-state index is -0.695. The summed E-state index contributed by atoms with van der Waals surface area (Å²) in [6.07, 6.45) is 1.39. The maximum Gasteiger partial charge on any atom is 0.348 e. The van der Waals surface area contributed by atoms with Gasteiger partial charge < -0.3 is 18.9 Å². The third-order valence-electron chi connectivity index (χ3n) is 4.26. The molecule has 0 aliphatic heterocycles. The summed E-state index contributed by atoms with van der Waals surface area (Å²) in [4.78, 5) is 11.8. The third-order valence-corrected chi connectivity index (χ3v) is 4.54. The zero-order valence-corrected chi connectivity index (χ0v) is 18.2. The van der Waals surface area contributed by atoms with Crippen LogP contribution in [-0.4, -0.2) is 32.9 Å². The van der Waals surface area contributed by atoms with E-state index in [4.69, 9.17) is 30.5 Å². The van der Waals surface area contributed by atoms with Gasteiger partial charge in [-0.25, -0.2) is 4.79 Å². The summed E-state index contributed by atoms with van der Waals surface area (Å²) in [5, 5.41) is 9.47. The highest BCUT2D eigenvalue weighted by Crippen LogP contribution is 2.37. The lowest BCUT2D eigenvalue weighted by Gasteiger charge is -2.14. The molecule has 0 saturated heterocycles. The number of benzene rings is 2. The van der Waals surface area contributed by atoms with Crippen molar-refractivity contribution in [2.45, 2.75) is 20.8 Å². The van der Waals surface area contributed by atoms with Crippen LogP contribution in [0.5, 0.6) is 17.2 Å². The van der Waals surface area contributed by atoms with E-state index in [9.17, 15) is 10.1 Å². The number of carbonyl (C=O) groups is 1. The zero-order chi connectivity index (χ0) is 22.1. The standard InChI is InChI=1S/C23H24ClNO5/c1-5-28-23(26)18(14-25)11-17-12-20(24)22(21(13-17)27-4)30-9-8-29-19-7-6-15(2)16(3)10-19/h6-7,10-13H,5,8-9H2,1-4H3. The molecule has 2 rings (SSSR count). The first-order chi connectivity index (χ1) is 14.4. The summed E-state index contributed by atoms with van der Waals surface area (Å²) in [6, 6.07) is 10.9. The fraction of sp³-hybridized carbons (Fsp3) is 0.304. The Bertz CT molecular complexity index is 978. The molecule has 7 heteroatoms. The molecule has 0 heterocycles. The zero-order valence-electron chi connectivity index (χ0n) is 17.5. The number of methoxy groups -OCH3 is 1. The largest absolute Gasteiger partial charge is 0.493 e. The molecule has 0 atom stereocenters. The third kappa shape index (κ3) is 6.16. The monoisotopic (exact) mass is 429 g/mol. The van der Waals surface area contributed by atoms with Crippen LogP contribution < -0.4 is 14.2 Å². The Hall–Kier alpha value is -3.17. The molecule has 0 aromatic heterocycles. The van der Waals surface area contributed by atoms with Gasteiger partial charge in [-0.1, -0.05) is 17.7 Å². The normalized spacial score (nSPS) is 10.9. The van der Waals surface area contributed by atoms with Crippen LogP contribution in [0.25, 0.3) is 6.08 Å². The number of hydrogen-bond acceptors (Lipinski definition) is 6. The van der Waals surface area contributed by atoms with E-state index < -0.39 is 5.97 Å². The molecule has 0 amide bonds. The Morgan fingerprint density at radius 1 is 1.13 bits per heavy atom. The van der Waals surface area contributed by atoms with Crippen molar-refractivity contribution < 1.29 is 23.7 Å². The number of carbonyl (C=O) groups excluding carboxylic acids is 1. The van der Waals surface area contributed by atoms with Crippen molar-refractivity contribution in [2.75, 3.05) is 26.9 Å². The minimum absolute atomic E-state index is 0.134. The first-order valence-electron chi connectivity index (χ1n) is 9.38. The summed E-state index contributed by atoms with van der Waals surface area (Å²) >= 11 is 6.34. The van der Waals surface area contributed by atoms with E-state index in [-0.39, 0.29) is 23.8 Å². The van der Waals surface area contributed by atoms with E-state index in [0.717, 1.165) is 11.3 Å². The van der Waals surface area contributed by atoms with E-state index in [2.05, 4.69) is 0 Å². The summed E-state index contributed by atoms with van der Waals surface area (Å²) < 4.78 is 21.7. The molecule has 0 saturated carbocycles. The Balaban J connectivity index is 2.09. The topological polar surface area (TPSA) is 77.8 Å². The van der Waals surface area contributed by atoms with Crippen LogP contribution >= 0.6 is 11.6 Å². The average Bonchev–Trinajstić information content (AvgIpc) is 2.72. The van der Waals surface area contributed by atoms with Crippen LogP contribution in [0.15, 0.2) is 35.9 Å².